The minimum Gasteiger partial charge on any atom is -0.312 e. The fraction of sp³-hybridized carbons (Fsp3) is 1.00. The zero-order chi connectivity index (χ0) is 13.5. The van der Waals surface area contributed by atoms with E-state index in [-0.39, 0.29) is 0 Å². The zero-order valence-corrected chi connectivity index (χ0v) is 13.2. The molecule has 0 spiro atoms. The molecule has 0 atom stereocenters. The van der Waals surface area contributed by atoms with Gasteiger partial charge in [-0.1, -0.05) is 6.92 Å². The summed E-state index contributed by atoms with van der Waals surface area (Å²) in [7, 11) is 0. The molecule has 2 heteroatoms. The van der Waals surface area contributed by atoms with E-state index in [4.69, 9.17) is 0 Å². The van der Waals surface area contributed by atoms with Crippen LogP contribution in [0.1, 0.15) is 51.9 Å². The first-order valence-corrected chi connectivity index (χ1v) is 9.23. The van der Waals surface area contributed by atoms with E-state index < -0.39 is 0 Å². The van der Waals surface area contributed by atoms with Crippen molar-refractivity contribution in [2.45, 2.75) is 57.9 Å². The normalized spacial score (nSPS) is 45.1. The summed E-state index contributed by atoms with van der Waals surface area (Å²) in [6, 6.07) is 0.881. The fourth-order valence-electron chi connectivity index (χ4n) is 5.93. The Labute approximate surface area is 124 Å². The van der Waals surface area contributed by atoms with Crippen molar-refractivity contribution in [1.29, 1.82) is 0 Å². The van der Waals surface area contributed by atoms with E-state index in [0.717, 1.165) is 35.6 Å². The quantitative estimate of drug-likeness (QED) is 0.848. The summed E-state index contributed by atoms with van der Waals surface area (Å²) in [6.07, 6.45) is 10.6. The van der Waals surface area contributed by atoms with Gasteiger partial charge in [0, 0.05) is 19.1 Å². The lowest BCUT2D eigenvalue weighted by Crippen LogP contribution is -2.55. The van der Waals surface area contributed by atoms with Crippen molar-refractivity contribution < 1.29 is 0 Å². The first-order valence-electron chi connectivity index (χ1n) is 9.23. The number of hydrogen-bond donors (Lipinski definition) is 1. The monoisotopic (exact) mass is 276 g/mol. The van der Waals surface area contributed by atoms with Crippen molar-refractivity contribution in [2.24, 2.45) is 29.6 Å². The standard InChI is InChI=1S/C18H32N2/c1-13-2-5-20(6-3-13)7-4-19-18-16-9-14-8-15(11-16)12-17(18)10-14/h13-19H,2-12H2,1H3. The highest BCUT2D eigenvalue weighted by atomic mass is 15.1. The lowest BCUT2D eigenvalue weighted by Gasteiger charge is -2.54. The molecule has 0 aromatic heterocycles. The van der Waals surface area contributed by atoms with Crippen molar-refractivity contribution in [3.63, 3.8) is 0 Å². The van der Waals surface area contributed by atoms with Gasteiger partial charge in [-0.3, -0.25) is 0 Å². The Morgan fingerprint density at radius 3 is 2.10 bits per heavy atom. The van der Waals surface area contributed by atoms with Crippen LogP contribution in [0.15, 0.2) is 0 Å². The number of hydrogen-bond acceptors (Lipinski definition) is 2. The number of rotatable bonds is 4. The Balaban J connectivity index is 1.24. The van der Waals surface area contributed by atoms with Gasteiger partial charge in [0.1, 0.15) is 0 Å². The van der Waals surface area contributed by atoms with E-state index in [0.29, 0.717) is 0 Å². The van der Waals surface area contributed by atoms with Crippen LogP contribution in [-0.4, -0.2) is 37.1 Å². The van der Waals surface area contributed by atoms with E-state index >= 15 is 0 Å². The predicted octanol–water partition coefficient (Wildman–Crippen LogP) is 3.13. The number of nitrogens with zero attached hydrogens (tertiary/aromatic N) is 1. The van der Waals surface area contributed by atoms with E-state index in [1.165, 1.54) is 39.0 Å². The third-order valence-corrected chi connectivity index (χ3v) is 6.91. The van der Waals surface area contributed by atoms with Gasteiger partial charge in [0.25, 0.3) is 0 Å². The van der Waals surface area contributed by atoms with Crippen molar-refractivity contribution in [3.05, 3.63) is 0 Å². The summed E-state index contributed by atoms with van der Waals surface area (Å²) in [5, 5.41) is 3.98. The summed E-state index contributed by atoms with van der Waals surface area (Å²) in [5.74, 6) is 5.25. The maximum Gasteiger partial charge on any atom is 0.0124 e. The van der Waals surface area contributed by atoms with Crippen LogP contribution in [0.25, 0.3) is 0 Å². The molecule has 4 saturated carbocycles. The highest BCUT2D eigenvalue weighted by Gasteiger charge is 2.47. The third kappa shape index (κ3) is 2.66. The highest BCUT2D eigenvalue weighted by molar-refractivity contribution is 5.01. The van der Waals surface area contributed by atoms with E-state index in [1.807, 2.05) is 0 Å². The van der Waals surface area contributed by atoms with Crippen molar-refractivity contribution in [2.75, 3.05) is 26.2 Å². The molecule has 2 nitrogen and oxygen atoms in total. The lowest BCUT2D eigenvalue weighted by molar-refractivity contribution is -0.0143. The Morgan fingerprint density at radius 1 is 0.900 bits per heavy atom. The van der Waals surface area contributed by atoms with Crippen molar-refractivity contribution in [1.82, 2.24) is 10.2 Å². The molecule has 0 aromatic rings. The Morgan fingerprint density at radius 2 is 1.50 bits per heavy atom. The molecule has 0 aromatic carbocycles. The van der Waals surface area contributed by atoms with Gasteiger partial charge in [0.15, 0.2) is 0 Å². The van der Waals surface area contributed by atoms with Crippen molar-refractivity contribution >= 4 is 0 Å². The average Bonchev–Trinajstić information content (AvgIpc) is 2.43. The summed E-state index contributed by atoms with van der Waals surface area (Å²) < 4.78 is 0. The van der Waals surface area contributed by atoms with Gasteiger partial charge in [0.05, 0.1) is 0 Å². The second-order valence-electron chi connectivity index (χ2n) is 8.43. The van der Waals surface area contributed by atoms with E-state index in [9.17, 15) is 0 Å². The molecule has 4 aliphatic carbocycles. The summed E-state index contributed by atoms with van der Waals surface area (Å²) in [5.41, 5.74) is 0. The topological polar surface area (TPSA) is 15.3 Å². The van der Waals surface area contributed by atoms with Crippen LogP contribution in [0.2, 0.25) is 0 Å². The second kappa shape index (κ2) is 5.61. The molecule has 4 bridgehead atoms. The largest absolute Gasteiger partial charge is 0.312 e. The summed E-state index contributed by atoms with van der Waals surface area (Å²) >= 11 is 0. The minimum atomic E-state index is 0.881. The van der Waals surface area contributed by atoms with Crippen LogP contribution in [0.5, 0.6) is 0 Å². The molecule has 1 N–H and O–H groups in total. The third-order valence-electron chi connectivity index (χ3n) is 6.91. The molecule has 5 fully saturated rings. The molecule has 0 amide bonds. The summed E-state index contributed by atoms with van der Waals surface area (Å²) in [4.78, 5) is 2.68. The van der Waals surface area contributed by atoms with E-state index in [2.05, 4.69) is 17.1 Å². The molecular formula is C18H32N2. The molecule has 1 aliphatic heterocycles. The maximum absolute atomic E-state index is 3.98. The van der Waals surface area contributed by atoms with Crippen LogP contribution in [0.4, 0.5) is 0 Å². The number of likely N-dealkylation sites (tertiary alicyclic amines) is 1. The first kappa shape index (κ1) is 13.6. The summed E-state index contributed by atoms with van der Waals surface area (Å²) in [6.45, 7) is 7.61. The van der Waals surface area contributed by atoms with Crippen LogP contribution in [0.3, 0.4) is 0 Å². The minimum absolute atomic E-state index is 0.881. The van der Waals surface area contributed by atoms with E-state index in [1.54, 1.807) is 32.1 Å². The SMILES string of the molecule is CC1CCN(CCNC2C3CC4CC(C3)CC2C4)CC1. The van der Waals surface area contributed by atoms with Crippen LogP contribution < -0.4 is 5.32 Å². The number of piperidine rings is 1. The predicted molar refractivity (Wildman–Crippen MR) is 83.7 cm³/mol. The van der Waals surface area contributed by atoms with Gasteiger partial charge in [-0.05, 0) is 87.6 Å². The van der Waals surface area contributed by atoms with Crippen LogP contribution in [-0.2, 0) is 0 Å². The van der Waals surface area contributed by atoms with Crippen LogP contribution in [0, 0.1) is 29.6 Å². The molecule has 114 valence electrons. The second-order valence-corrected chi connectivity index (χ2v) is 8.43. The zero-order valence-electron chi connectivity index (χ0n) is 13.2. The Bertz CT molecular complexity index is 304. The first-order chi connectivity index (χ1) is 9.78. The highest BCUT2D eigenvalue weighted by Crippen LogP contribution is 2.53. The lowest BCUT2D eigenvalue weighted by atomic mass is 9.54. The smallest absolute Gasteiger partial charge is 0.0124 e. The van der Waals surface area contributed by atoms with Crippen LogP contribution >= 0.6 is 0 Å². The Hall–Kier alpha value is -0.0800. The molecule has 0 unspecified atom stereocenters. The number of nitrogens with one attached hydrogen (secondary N) is 1. The molecule has 1 saturated heterocycles. The molecule has 1 heterocycles. The molecule has 5 aliphatic rings. The van der Waals surface area contributed by atoms with Gasteiger partial charge in [-0.15, -0.1) is 0 Å². The molecular weight excluding hydrogens is 244 g/mol. The molecule has 0 radical (unpaired) electrons. The molecule has 5 rings (SSSR count). The van der Waals surface area contributed by atoms with Gasteiger partial charge in [-0.2, -0.15) is 0 Å². The van der Waals surface area contributed by atoms with Gasteiger partial charge < -0.3 is 10.2 Å². The van der Waals surface area contributed by atoms with Gasteiger partial charge in [-0.25, -0.2) is 0 Å². The van der Waals surface area contributed by atoms with Crippen molar-refractivity contribution in [3.8, 4) is 0 Å². The van der Waals surface area contributed by atoms with Gasteiger partial charge >= 0.3 is 0 Å². The average molecular weight is 276 g/mol. The molecule has 20 heavy (non-hydrogen) atoms. The maximum atomic E-state index is 3.98. The fourth-order valence-corrected chi connectivity index (χ4v) is 5.93. The van der Waals surface area contributed by atoms with Gasteiger partial charge in [0.2, 0.25) is 0 Å². The Kier molecular flexibility index (Phi) is 3.80.